The van der Waals surface area contributed by atoms with Crippen LogP contribution in [0.15, 0.2) is 182 Å². The van der Waals surface area contributed by atoms with Gasteiger partial charge in [0.2, 0.25) is 0 Å². The van der Waals surface area contributed by atoms with Gasteiger partial charge in [-0.3, -0.25) is 0 Å². The van der Waals surface area contributed by atoms with Crippen LogP contribution >= 0.6 is 0 Å². The lowest BCUT2D eigenvalue weighted by Gasteiger charge is -2.14. The maximum Gasteiger partial charge on any atom is 0.160 e. The molecule has 294 valence electrons. The second-order valence-corrected chi connectivity index (χ2v) is 15.5. The van der Waals surface area contributed by atoms with Gasteiger partial charge in [0.15, 0.2) is 5.82 Å². The van der Waals surface area contributed by atoms with Crippen molar-refractivity contribution < 1.29 is 0 Å². The molecule has 11 aromatic rings. The Hall–Kier alpha value is -9.60. The molecule has 8 nitrogen and oxygen atoms in total. The zero-order valence-electron chi connectivity index (χ0n) is 33.9. The Bertz CT molecular complexity index is 3730. The molecule has 0 unspecified atom stereocenters. The van der Waals surface area contributed by atoms with Gasteiger partial charge >= 0.3 is 0 Å². The van der Waals surface area contributed by atoms with Crippen LogP contribution in [0.3, 0.4) is 0 Å². The molecular formula is C56H30N8. The fraction of sp³-hybridized carbons (Fsp3) is 0. The van der Waals surface area contributed by atoms with Gasteiger partial charge in [-0.15, -0.1) is 0 Å². The maximum absolute atomic E-state index is 10.6. The molecule has 0 spiro atoms. The number of nitriles is 4. The zero-order chi connectivity index (χ0) is 43.3. The van der Waals surface area contributed by atoms with E-state index in [4.69, 9.17) is 9.97 Å². The monoisotopic (exact) mass is 814 g/mol. The summed E-state index contributed by atoms with van der Waals surface area (Å²) in [5, 5.41) is 45.2. The van der Waals surface area contributed by atoms with Crippen molar-refractivity contribution in [3.63, 3.8) is 0 Å². The van der Waals surface area contributed by atoms with Crippen LogP contribution in [0, 0.1) is 45.3 Å². The number of fused-ring (bicyclic) bond motifs is 6. The lowest BCUT2D eigenvalue weighted by Crippen LogP contribution is -1.99. The van der Waals surface area contributed by atoms with Crippen molar-refractivity contribution in [1.29, 1.82) is 21.0 Å². The normalized spacial score (nSPS) is 11.1. The highest BCUT2D eigenvalue weighted by molar-refractivity contribution is 6.12. The summed E-state index contributed by atoms with van der Waals surface area (Å²) in [6.07, 6.45) is 0. The van der Waals surface area contributed by atoms with E-state index in [0.29, 0.717) is 61.7 Å². The summed E-state index contributed by atoms with van der Waals surface area (Å²) in [6, 6.07) is 68.6. The minimum Gasteiger partial charge on any atom is -0.309 e. The fourth-order valence-corrected chi connectivity index (χ4v) is 8.98. The first-order valence-electron chi connectivity index (χ1n) is 20.5. The Labute approximate surface area is 367 Å². The van der Waals surface area contributed by atoms with Gasteiger partial charge in [0.1, 0.15) is 0 Å². The summed E-state index contributed by atoms with van der Waals surface area (Å²) in [5.74, 6) is 0.358. The Kier molecular flexibility index (Phi) is 8.85. The van der Waals surface area contributed by atoms with E-state index in [2.05, 4.69) is 124 Å². The molecule has 64 heavy (non-hydrogen) atoms. The third-order valence-corrected chi connectivity index (χ3v) is 11.8. The molecule has 3 heterocycles. The van der Waals surface area contributed by atoms with E-state index in [1.54, 1.807) is 54.6 Å². The van der Waals surface area contributed by atoms with Crippen molar-refractivity contribution in [3.8, 4) is 80.7 Å². The van der Waals surface area contributed by atoms with Crippen molar-refractivity contribution >= 4 is 43.6 Å². The Morgan fingerprint density at radius 3 is 1.41 bits per heavy atom. The molecule has 0 saturated heterocycles. The van der Waals surface area contributed by atoms with Gasteiger partial charge in [0.25, 0.3) is 0 Å². The first-order valence-corrected chi connectivity index (χ1v) is 20.5. The molecule has 0 N–H and O–H groups in total. The van der Waals surface area contributed by atoms with Crippen molar-refractivity contribution in [2.75, 3.05) is 0 Å². The zero-order valence-corrected chi connectivity index (χ0v) is 33.9. The minimum absolute atomic E-state index is 0.316. The van der Waals surface area contributed by atoms with Crippen LogP contribution < -0.4 is 0 Å². The van der Waals surface area contributed by atoms with Gasteiger partial charge in [-0.1, -0.05) is 91.0 Å². The molecule has 0 atom stereocenters. The van der Waals surface area contributed by atoms with E-state index in [-0.39, 0.29) is 0 Å². The lowest BCUT2D eigenvalue weighted by molar-refractivity contribution is 1.16. The van der Waals surface area contributed by atoms with Gasteiger partial charge in [-0.2, -0.15) is 21.0 Å². The Morgan fingerprint density at radius 1 is 0.344 bits per heavy atom. The van der Waals surface area contributed by atoms with E-state index < -0.39 is 0 Å². The van der Waals surface area contributed by atoms with Crippen LogP contribution in [0.5, 0.6) is 0 Å². The molecule has 0 radical (unpaired) electrons. The molecule has 11 rings (SSSR count). The van der Waals surface area contributed by atoms with E-state index in [0.717, 1.165) is 49.8 Å². The topological polar surface area (TPSA) is 131 Å². The summed E-state index contributed by atoms with van der Waals surface area (Å²) >= 11 is 0. The van der Waals surface area contributed by atoms with E-state index >= 15 is 0 Å². The van der Waals surface area contributed by atoms with Gasteiger partial charge in [-0.25, -0.2) is 9.97 Å². The average Bonchev–Trinajstić information content (AvgIpc) is 3.88. The fourth-order valence-electron chi connectivity index (χ4n) is 8.98. The lowest BCUT2D eigenvalue weighted by atomic mass is 9.91. The van der Waals surface area contributed by atoms with Crippen LogP contribution in [0.2, 0.25) is 0 Å². The quantitative estimate of drug-likeness (QED) is 0.164. The van der Waals surface area contributed by atoms with Crippen molar-refractivity contribution in [3.05, 3.63) is 204 Å². The summed E-state index contributed by atoms with van der Waals surface area (Å²) in [5.41, 5.74) is 12.2. The van der Waals surface area contributed by atoms with E-state index in [1.165, 1.54) is 10.8 Å². The second-order valence-electron chi connectivity index (χ2n) is 15.5. The smallest absolute Gasteiger partial charge is 0.160 e. The second kappa shape index (κ2) is 15.1. The van der Waals surface area contributed by atoms with Gasteiger partial charge in [0.05, 0.1) is 80.0 Å². The Balaban J connectivity index is 1.01. The molecule has 8 aromatic carbocycles. The van der Waals surface area contributed by atoms with Crippen LogP contribution in [0.25, 0.3) is 100 Å². The number of hydrogen-bond donors (Lipinski definition) is 0. The first kappa shape index (κ1) is 37.4. The van der Waals surface area contributed by atoms with Crippen LogP contribution in [-0.2, 0) is 0 Å². The third-order valence-electron chi connectivity index (χ3n) is 11.8. The molecule has 0 aliphatic rings. The maximum atomic E-state index is 10.6. The van der Waals surface area contributed by atoms with Gasteiger partial charge < -0.3 is 9.13 Å². The number of para-hydroxylation sites is 3. The highest BCUT2D eigenvalue weighted by Crippen LogP contribution is 2.39. The summed E-state index contributed by atoms with van der Waals surface area (Å²) in [7, 11) is 0. The first-order chi connectivity index (χ1) is 31.5. The van der Waals surface area contributed by atoms with Gasteiger partial charge in [0, 0.05) is 55.2 Å². The summed E-state index contributed by atoms with van der Waals surface area (Å²) < 4.78 is 4.59. The predicted molar refractivity (Wildman–Crippen MR) is 251 cm³/mol. The number of hydrogen-bond acceptors (Lipinski definition) is 6. The minimum atomic E-state index is 0.316. The van der Waals surface area contributed by atoms with Crippen LogP contribution in [0.4, 0.5) is 0 Å². The molecule has 0 saturated carbocycles. The van der Waals surface area contributed by atoms with Crippen molar-refractivity contribution in [1.82, 2.24) is 19.1 Å². The van der Waals surface area contributed by atoms with Crippen LogP contribution in [-0.4, -0.2) is 19.1 Å². The van der Waals surface area contributed by atoms with E-state index in [1.807, 2.05) is 36.4 Å². The Morgan fingerprint density at radius 2 is 0.828 bits per heavy atom. The highest BCUT2D eigenvalue weighted by Gasteiger charge is 2.20. The largest absolute Gasteiger partial charge is 0.309 e. The predicted octanol–water partition coefficient (Wildman–Crippen LogP) is 12.8. The summed E-state index contributed by atoms with van der Waals surface area (Å²) in [6.45, 7) is 0. The number of rotatable bonds is 6. The molecule has 0 aliphatic heterocycles. The average molecular weight is 815 g/mol. The van der Waals surface area contributed by atoms with Crippen molar-refractivity contribution in [2.24, 2.45) is 0 Å². The number of nitrogens with zero attached hydrogens (tertiary/aromatic N) is 8. The van der Waals surface area contributed by atoms with Crippen LogP contribution in [0.1, 0.15) is 22.3 Å². The number of aromatic nitrogens is 4. The molecule has 0 amide bonds. The van der Waals surface area contributed by atoms with Crippen molar-refractivity contribution in [2.45, 2.75) is 0 Å². The number of benzene rings is 8. The SMILES string of the molecule is N#Cc1cccc(-c2cc(-c3cc(C#N)c(-c4ccc(-n5c6ccccc6c6cc(-n7c8ccccc8c8ccccc87)ccc65)cc4)c(C#N)c3)nc(-c3cccc(C#N)c3)n2)c1. The molecule has 3 aromatic heterocycles. The van der Waals surface area contributed by atoms with Gasteiger partial charge in [-0.05, 0) is 96.6 Å². The molecule has 0 fully saturated rings. The third kappa shape index (κ3) is 6.12. The van der Waals surface area contributed by atoms with E-state index in [9.17, 15) is 21.0 Å². The molecule has 8 heteroatoms. The standard InChI is InChI=1S/C56H30N8/c57-31-35-9-7-11-38(25-35)49-30-50(62-56(61-49)39-12-8-10-36(26-39)32-58)40-27-41(33-59)55(42(28-40)34-60)37-19-21-43(22-20-37)63-53-18-6-3-15-47(53)48-29-44(23-24-54(48)63)64-51-16-4-1-13-45(51)46-14-2-5-17-52(46)64/h1-30H. The summed E-state index contributed by atoms with van der Waals surface area (Å²) in [4.78, 5) is 9.74. The molecule has 0 bridgehead atoms. The molecule has 0 aliphatic carbocycles. The molecular weight excluding hydrogens is 785 g/mol. The highest BCUT2D eigenvalue weighted by atomic mass is 15.0.